The van der Waals surface area contributed by atoms with E-state index >= 15 is 0 Å². The van der Waals surface area contributed by atoms with Crippen LogP contribution in [0.5, 0.6) is 5.75 Å². The van der Waals surface area contributed by atoms with E-state index in [-0.39, 0.29) is 5.75 Å². The first-order chi connectivity index (χ1) is 18.3. The first-order valence-electron chi connectivity index (χ1n) is 14.3. The first kappa shape index (κ1) is 32.2. The van der Waals surface area contributed by atoms with Crippen molar-refractivity contribution >= 4 is 23.2 Å². The Morgan fingerprint density at radius 1 is 0.605 bits per heavy atom. The molecule has 3 aromatic carbocycles. The molecule has 0 amide bonds. The zero-order valence-corrected chi connectivity index (χ0v) is 25.2. The van der Waals surface area contributed by atoms with E-state index in [0.29, 0.717) is 4.48 Å². The fourth-order valence-electron chi connectivity index (χ4n) is 4.56. The van der Waals surface area contributed by atoms with Gasteiger partial charge in [-0.2, -0.15) is 0 Å². The molecule has 0 unspecified atom stereocenters. The highest BCUT2D eigenvalue weighted by atomic mass is 35.5. The zero-order chi connectivity index (χ0) is 27.7. The van der Waals surface area contributed by atoms with Crippen molar-refractivity contribution in [3.63, 3.8) is 0 Å². The molecular weight excluding hydrogens is 509 g/mol. The fourth-order valence-corrected chi connectivity index (χ4v) is 4.98. The van der Waals surface area contributed by atoms with Gasteiger partial charge in [-0.05, 0) is 65.7 Å². The summed E-state index contributed by atoms with van der Waals surface area (Å²) in [7, 11) is 4.25. The summed E-state index contributed by atoms with van der Waals surface area (Å²) in [6.45, 7) is 3.27. The maximum atomic E-state index is 10.9. The molecule has 0 atom stereocenters. The summed E-state index contributed by atoms with van der Waals surface area (Å²) >= 11 is 13.4. The van der Waals surface area contributed by atoms with Crippen molar-refractivity contribution in [3.8, 4) is 5.75 Å². The van der Waals surface area contributed by atoms with Crippen LogP contribution in [0.1, 0.15) is 87.8 Å². The molecule has 0 aliphatic carbocycles. The molecule has 0 bridgehead atoms. The van der Waals surface area contributed by atoms with Crippen LogP contribution in [0.4, 0.5) is 0 Å². The van der Waals surface area contributed by atoms with Crippen molar-refractivity contribution in [2.24, 2.45) is 0 Å². The predicted molar refractivity (Wildman–Crippen MR) is 164 cm³/mol. The maximum Gasteiger partial charge on any atom is 0.277 e. The highest BCUT2D eigenvalue weighted by Gasteiger charge is 2.43. The topological polar surface area (TPSA) is 23.1 Å². The van der Waals surface area contributed by atoms with Crippen molar-refractivity contribution in [2.45, 2.75) is 82.0 Å². The van der Waals surface area contributed by atoms with Crippen molar-refractivity contribution < 1.29 is 9.59 Å². The molecule has 0 saturated heterocycles. The van der Waals surface area contributed by atoms with Gasteiger partial charge in [0.1, 0.15) is 0 Å². The Labute approximate surface area is 242 Å². The van der Waals surface area contributed by atoms with Gasteiger partial charge in [-0.1, -0.05) is 131 Å². The normalized spacial score (nSPS) is 11.6. The second kappa shape index (κ2) is 17.6. The SMILES string of the molecule is CCCCCCCCCCCC[N+](C)(C)C(Cl)(Cl)c1ccccc1.[O-]c1ccc(Cc2ccccc2)cc1. The van der Waals surface area contributed by atoms with Gasteiger partial charge in [0.25, 0.3) is 4.46 Å². The summed E-state index contributed by atoms with van der Waals surface area (Å²) in [5.41, 5.74) is 3.42. The van der Waals surface area contributed by atoms with Gasteiger partial charge >= 0.3 is 0 Å². The van der Waals surface area contributed by atoms with E-state index in [2.05, 4.69) is 33.2 Å². The number of hydrogen-bond acceptors (Lipinski definition) is 1. The van der Waals surface area contributed by atoms with Crippen LogP contribution in [0.15, 0.2) is 84.9 Å². The molecular formula is C34H47Cl2NO. The second-order valence-electron chi connectivity index (χ2n) is 10.8. The Hall–Kier alpha value is -2.00. The molecule has 2 nitrogen and oxygen atoms in total. The quantitative estimate of drug-likeness (QED) is 0.0791. The van der Waals surface area contributed by atoms with Crippen LogP contribution >= 0.6 is 23.2 Å². The number of benzene rings is 3. The molecule has 3 aromatic rings. The average molecular weight is 557 g/mol. The van der Waals surface area contributed by atoms with E-state index in [9.17, 15) is 5.11 Å². The lowest BCUT2D eigenvalue weighted by molar-refractivity contribution is -0.920. The van der Waals surface area contributed by atoms with Crippen molar-refractivity contribution in [3.05, 3.63) is 102 Å². The van der Waals surface area contributed by atoms with Gasteiger partial charge in [0, 0.05) is 5.56 Å². The highest BCUT2D eigenvalue weighted by Crippen LogP contribution is 2.41. The molecule has 0 spiro atoms. The molecule has 0 N–H and O–H groups in total. The standard InChI is InChI=1S/C21H36Cl2N.C13H12O/c1-4-5-6-7-8-9-10-11-12-16-19-24(2,3)21(22,23)20-17-14-13-15-18-20;14-13-8-6-12(7-9-13)10-11-4-2-1-3-5-11/h13-15,17-18H,4-12,16,19H2,1-3H3;1-9,14H,10H2/q+1;/p-1. The number of halogens is 2. The number of hydrogen-bond donors (Lipinski definition) is 0. The minimum absolute atomic E-state index is 0.0711. The van der Waals surface area contributed by atoms with E-state index in [1.807, 2.05) is 60.7 Å². The third kappa shape index (κ3) is 11.8. The lowest BCUT2D eigenvalue weighted by Gasteiger charge is -2.40. The number of alkyl halides is 2. The summed E-state index contributed by atoms with van der Waals surface area (Å²) in [6.07, 6.45) is 14.4. The van der Waals surface area contributed by atoms with Crippen LogP contribution in [-0.2, 0) is 10.9 Å². The Morgan fingerprint density at radius 2 is 1.05 bits per heavy atom. The molecule has 208 valence electrons. The monoisotopic (exact) mass is 555 g/mol. The van der Waals surface area contributed by atoms with Crippen LogP contribution in [0, 0.1) is 0 Å². The minimum atomic E-state index is -0.888. The van der Waals surface area contributed by atoms with Crippen LogP contribution in [0.3, 0.4) is 0 Å². The minimum Gasteiger partial charge on any atom is -0.872 e. The molecule has 0 aliphatic heterocycles. The zero-order valence-electron chi connectivity index (χ0n) is 23.7. The van der Waals surface area contributed by atoms with E-state index < -0.39 is 4.46 Å². The molecule has 4 heteroatoms. The number of nitrogens with zero attached hydrogens (tertiary/aromatic N) is 1. The van der Waals surface area contributed by atoms with Gasteiger partial charge in [0.15, 0.2) is 0 Å². The van der Waals surface area contributed by atoms with Crippen LogP contribution in [0.2, 0.25) is 0 Å². The van der Waals surface area contributed by atoms with Gasteiger partial charge in [-0.3, -0.25) is 4.48 Å². The van der Waals surface area contributed by atoms with Crippen molar-refractivity contribution in [2.75, 3.05) is 20.6 Å². The van der Waals surface area contributed by atoms with Gasteiger partial charge in [0.05, 0.1) is 20.6 Å². The van der Waals surface area contributed by atoms with Crippen molar-refractivity contribution in [1.82, 2.24) is 0 Å². The summed E-state index contributed by atoms with van der Waals surface area (Å²) in [4.78, 5) is 0. The Kier molecular flexibility index (Phi) is 14.9. The summed E-state index contributed by atoms with van der Waals surface area (Å²) in [5.74, 6) is 0.0711. The fraction of sp³-hybridized carbons (Fsp3) is 0.471. The summed E-state index contributed by atoms with van der Waals surface area (Å²) < 4.78 is -0.294. The van der Waals surface area contributed by atoms with Crippen LogP contribution < -0.4 is 5.11 Å². The van der Waals surface area contributed by atoms with E-state index in [1.165, 1.54) is 75.3 Å². The second-order valence-corrected chi connectivity index (χ2v) is 12.1. The molecule has 0 aromatic heterocycles. The lowest BCUT2D eigenvalue weighted by Crippen LogP contribution is -2.51. The van der Waals surface area contributed by atoms with Crippen LogP contribution in [-0.4, -0.2) is 25.1 Å². The summed E-state index contributed by atoms with van der Waals surface area (Å²) in [5, 5.41) is 10.9. The maximum absolute atomic E-state index is 10.9. The van der Waals surface area contributed by atoms with Crippen molar-refractivity contribution in [1.29, 1.82) is 0 Å². The number of unbranched alkanes of at least 4 members (excludes halogenated alkanes) is 9. The van der Waals surface area contributed by atoms with Crippen LogP contribution in [0.25, 0.3) is 0 Å². The highest BCUT2D eigenvalue weighted by molar-refractivity contribution is 6.46. The van der Waals surface area contributed by atoms with Gasteiger partial charge < -0.3 is 5.11 Å². The predicted octanol–water partition coefficient (Wildman–Crippen LogP) is 9.62. The molecule has 38 heavy (non-hydrogen) atoms. The Morgan fingerprint density at radius 3 is 1.58 bits per heavy atom. The van der Waals surface area contributed by atoms with Gasteiger partial charge in [-0.25, -0.2) is 0 Å². The van der Waals surface area contributed by atoms with E-state index in [1.54, 1.807) is 12.1 Å². The first-order valence-corrected chi connectivity index (χ1v) is 15.1. The molecule has 3 rings (SSSR count). The third-order valence-corrected chi connectivity index (χ3v) is 8.48. The Bertz CT molecular complexity index is 988. The smallest absolute Gasteiger partial charge is 0.277 e. The molecule has 0 heterocycles. The molecule has 0 radical (unpaired) electrons. The molecule has 0 saturated carbocycles. The van der Waals surface area contributed by atoms with Gasteiger partial charge in [0.2, 0.25) is 0 Å². The van der Waals surface area contributed by atoms with Gasteiger partial charge in [-0.15, -0.1) is 5.75 Å². The third-order valence-electron chi connectivity index (χ3n) is 7.13. The largest absolute Gasteiger partial charge is 0.872 e. The van der Waals surface area contributed by atoms with E-state index in [0.717, 1.165) is 18.5 Å². The average Bonchev–Trinajstić information content (AvgIpc) is 2.92. The Balaban J connectivity index is 0.000000304. The molecule has 0 aliphatic rings. The van der Waals surface area contributed by atoms with E-state index in [4.69, 9.17) is 23.2 Å². The summed E-state index contributed by atoms with van der Waals surface area (Å²) in [6, 6.07) is 27.2. The molecule has 0 fully saturated rings. The number of rotatable bonds is 15. The lowest BCUT2D eigenvalue weighted by atomic mass is 10.1. The number of quaternary nitrogens is 1.